The Morgan fingerprint density at radius 2 is 2.10 bits per heavy atom. The maximum atomic E-state index is 12.8. The van der Waals surface area contributed by atoms with Gasteiger partial charge in [0.15, 0.2) is 0 Å². The van der Waals surface area contributed by atoms with Crippen molar-refractivity contribution in [2.24, 2.45) is 0 Å². The van der Waals surface area contributed by atoms with E-state index in [2.05, 4.69) is 5.32 Å². The van der Waals surface area contributed by atoms with Crippen LogP contribution >= 0.6 is 0 Å². The average molecular weight is 281 g/mol. The van der Waals surface area contributed by atoms with E-state index in [4.69, 9.17) is 4.74 Å². The molecule has 1 saturated heterocycles. The third kappa shape index (κ3) is 3.54. The van der Waals surface area contributed by atoms with Gasteiger partial charge in [0.2, 0.25) is 5.91 Å². The van der Waals surface area contributed by atoms with Gasteiger partial charge in [0.05, 0.1) is 5.92 Å². The quantitative estimate of drug-likeness (QED) is 0.852. The summed E-state index contributed by atoms with van der Waals surface area (Å²) in [5, 5.41) is 11.8. The maximum Gasteiger partial charge on any atom is 0.312 e. The van der Waals surface area contributed by atoms with E-state index < -0.39 is 23.8 Å². The average Bonchev–Trinajstić information content (AvgIpc) is 2.94. The van der Waals surface area contributed by atoms with Crippen LogP contribution in [-0.4, -0.2) is 36.2 Å². The van der Waals surface area contributed by atoms with E-state index in [0.29, 0.717) is 18.6 Å². The fourth-order valence-electron chi connectivity index (χ4n) is 2.14. The Morgan fingerprint density at radius 1 is 1.40 bits per heavy atom. The zero-order valence-electron chi connectivity index (χ0n) is 10.8. The van der Waals surface area contributed by atoms with Crippen molar-refractivity contribution >= 4 is 11.9 Å². The molecule has 1 aromatic carbocycles. The lowest BCUT2D eigenvalue weighted by Gasteiger charge is -2.15. The highest BCUT2D eigenvalue weighted by molar-refractivity contribution is 5.82. The largest absolute Gasteiger partial charge is 0.481 e. The number of hydrogen-bond donors (Lipinski definition) is 2. The van der Waals surface area contributed by atoms with E-state index in [1.54, 1.807) is 0 Å². The van der Waals surface area contributed by atoms with Crippen LogP contribution in [0.3, 0.4) is 0 Å². The first-order chi connectivity index (χ1) is 9.58. The number of halogens is 1. The molecule has 20 heavy (non-hydrogen) atoms. The van der Waals surface area contributed by atoms with Crippen LogP contribution in [0.2, 0.25) is 0 Å². The molecular formula is C14H16FNO4. The molecule has 0 radical (unpaired) electrons. The molecule has 1 aromatic rings. The molecule has 0 saturated carbocycles. The van der Waals surface area contributed by atoms with Gasteiger partial charge in [-0.05, 0) is 30.5 Å². The summed E-state index contributed by atoms with van der Waals surface area (Å²) in [4.78, 5) is 23.0. The highest BCUT2D eigenvalue weighted by Crippen LogP contribution is 2.17. The molecular weight excluding hydrogens is 265 g/mol. The summed E-state index contributed by atoms with van der Waals surface area (Å²) >= 11 is 0. The molecule has 1 unspecified atom stereocenters. The van der Waals surface area contributed by atoms with Gasteiger partial charge in [-0.1, -0.05) is 12.1 Å². The molecule has 2 rings (SSSR count). The van der Waals surface area contributed by atoms with Crippen molar-refractivity contribution in [2.45, 2.75) is 24.9 Å². The number of amides is 1. The fraction of sp³-hybridized carbons (Fsp3) is 0.429. The third-order valence-electron chi connectivity index (χ3n) is 3.27. The molecule has 0 aliphatic carbocycles. The minimum Gasteiger partial charge on any atom is -0.481 e. The van der Waals surface area contributed by atoms with Crippen molar-refractivity contribution < 1.29 is 23.8 Å². The number of nitrogens with one attached hydrogen (secondary N) is 1. The number of benzene rings is 1. The summed E-state index contributed by atoms with van der Waals surface area (Å²) in [6, 6.07) is 5.22. The monoisotopic (exact) mass is 281 g/mol. The van der Waals surface area contributed by atoms with E-state index in [-0.39, 0.29) is 12.5 Å². The highest BCUT2D eigenvalue weighted by Gasteiger charge is 2.26. The molecule has 2 atom stereocenters. The number of carboxylic acids is 1. The van der Waals surface area contributed by atoms with Crippen LogP contribution in [0.4, 0.5) is 4.39 Å². The van der Waals surface area contributed by atoms with Crippen LogP contribution in [0.25, 0.3) is 0 Å². The minimum absolute atomic E-state index is 0.0420. The van der Waals surface area contributed by atoms with E-state index in [0.717, 1.165) is 6.42 Å². The number of carbonyl (C=O) groups is 2. The van der Waals surface area contributed by atoms with Gasteiger partial charge in [-0.2, -0.15) is 0 Å². The lowest BCUT2D eigenvalue weighted by Crippen LogP contribution is -2.38. The number of ether oxygens (including phenoxy) is 1. The second-order valence-electron chi connectivity index (χ2n) is 4.69. The van der Waals surface area contributed by atoms with Crippen molar-refractivity contribution in [1.29, 1.82) is 0 Å². The van der Waals surface area contributed by atoms with Crippen molar-refractivity contribution in [2.75, 3.05) is 13.2 Å². The second kappa shape index (κ2) is 6.47. The van der Waals surface area contributed by atoms with Crippen LogP contribution in [-0.2, 0) is 14.3 Å². The molecule has 6 heteroatoms. The Bertz CT molecular complexity index is 482. The minimum atomic E-state index is -1.07. The molecule has 1 aliphatic rings. The molecule has 1 heterocycles. The first-order valence-corrected chi connectivity index (χ1v) is 6.45. The number of hydrogen-bond acceptors (Lipinski definition) is 3. The molecule has 1 fully saturated rings. The Labute approximate surface area is 115 Å². The fourth-order valence-corrected chi connectivity index (χ4v) is 2.14. The van der Waals surface area contributed by atoms with Gasteiger partial charge in [-0.25, -0.2) is 4.39 Å². The van der Waals surface area contributed by atoms with Crippen LogP contribution < -0.4 is 5.32 Å². The Morgan fingerprint density at radius 3 is 2.65 bits per heavy atom. The number of carboxylic acid groups (broad SMARTS) is 1. The predicted octanol–water partition coefficient (Wildman–Crippen LogP) is 1.29. The first kappa shape index (κ1) is 14.5. The van der Waals surface area contributed by atoms with Gasteiger partial charge in [-0.3, -0.25) is 9.59 Å². The van der Waals surface area contributed by atoms with Gasteiger partial charge in [0.1, 0.15) is 11.9 Å². The van der Waals surface area contributed by atoms with Gasteiger partial charge in [-0.15, -0.1) is 0 Å². The van der Waals surface area contributed by atoms with E-state index in [1.165, 1.54) is 24.3 Å². The lowest BCUT2D eigenvalue weighted by atomic mass is 9.99. The predicted molar refractivity (Wildman–Crippen MR) is 68.8 cm³/mol. The number of rotatable bonds is 5. The van der Waals surface area contributed by atoms with Crippen LogP contribution in [0.1, 0.15) is 24.3 Å². The zero-order valence-corrected chi connectivity index (χ0v) is 10.8. The van der Waals surface area contributed by atoms with Gasteiger partial charge < -0.3 is 15.2 Å². The molecule has 0 bridgehead atoms. The summed E-state index contributed by atoms with van der Waals surface area (Å²) < 4.78 is 18.1. The van der Waals surface area contributed by atoms with Crippen LogP contribution in [0.5, 0.6) is 0 Å². The summed E-state index contributed by atoms with van der Waals surface area (Å²) in [6.07, 6.45) is 0.996. The number of carbonyl (C=O) groups excluding carboxylic acids is 1. The summed E-state index contributed by atoms with van der Waals surface area (Å²) in [5.74, 6) is -2.69. The van der Waals surface area contributed by atoms with Crippen molar-refractivity contribution in [3.63, 3.8) is 0 Å². The van der Waals surface area contributed by atoms with Crippen molar-refractivity contribution in [1.82, 2.24) is 5.32 Å². The van der Waals surface area contributed by atoms with Gasteiger partial charge >= 0.3 is 5.97 Å². The zero-order chi connectivity index (χ0) is 14.5. The molecule has 108 valence electrons. The Hall–Kier alpha value is -1.95. The summed E-state index contributed by atoms with van der Waals surface area (Å²) in [5.41, 5.74) is 0.451. The second-order valence-corrected chi connectivity index (χ2v) is 4.69. The number of aliphatic carboxylic acids is 1. The van der Waals surface area contributed by atoms with Crippen molar-refractivity contribution in [3.8, 4) is 0 Å². The van der Waals surface area contributed by atoms with Gasteiger partial charge in [0.25, 0.3) is 0 Å². The van der Waals surface area contributed by atoms with Crippen LogP contribution in [0, 0.1) is 5.82 Å². The van der Waals surface area contributed by atoms with E-state index in [1.807, 2.05) is 0 Å². The maximum absolute atomic E-state index is 12.8. The molecule has 2 N–H and O–H groups in total. The smallest absolute Gasteiger partial charge is 0.312 e. The molecule has 0 aromatic heterocycles. The Balaban J connectivity index is 1.97. The molecule has 5 nitrogen and oxygen atoms in total. The summed E-state index contributed by atoms with van der Waals surface area (Å²) in [6.45, 7) is 0.512. The van der Waals surface area contributed by atoms with E-state index >= 15 is 0 Å². The lowest BCUT2D eigenvalue weighted by molar-refractivity contribution is -0.139. The highest BCUT2D eigenvalue weighted by atomic mass is 19.1. The van der Waals surface area contributed by atoms with E-state index in [9.17, 15) is 19.1 Å². The molecule has 1 amide bonds. The van der Waals surface area contributed by atoms with Crippen molar-refractivity contribution in [3.05, 3.63) is 35.6 Å². The van der Waals surface area contributed by atoms with Gasteiger partial charge in [0, 0.05) is 13.2 Å². The molecule has 1 aliphatic heterocycles. The topological polar surface area (TPSA) is 75.6 Å². The normalized spacial score (nSPS) is 19.6. The van der Waals surface area contributed by atoms with Crippen LogP contribution in [0.15, 0.2) is 24.3 Å². The summed E-state index contributed by atoms with van der Waals surface area (Å²) in [7, 11) is 0. The first-order valence-electron chi connectivity index (χ1n) is 6.45. The SMILES string of the molecule is O=C(O)C(CNC(=O)[C@@H]1CCCO1)c1ccc(F)cc1. The molecule has 0 spiro atoms. The Kier molecular flexibility index (Phi) is 4.68. The third-order valence-corrected chi connectivity index (χ3v) is 3.27. The standard InChI is InChI=1S/C14H16FNO4/c15-10-5-3-9(4-6-10)11(14(18)19)8-16-13(17)12-2-1-7-20-12/h3-6,11-12H,1-2,7-8H2,(H,16,17)(H,18,19)/t11?,12-/m0/s1.